The molecule has 0 saturated heterocycles. The molecule has 0 radical (unpaired) electrons. The fourth-order valence-electron chi connectivity index (χ4n) is 3.76. The van der Waals surface area contributed by atoms with E-state index in [0.717, 1.165) is 25.9 Å². The lowest BCUT2D eigenvalue weighted by molar-refractivity contribution is 0.140. The smallest absolute Gasteiger partial charge is 0.0575 e. The van der Waals surface area contributed by atoms with Crippen LogP contribution >= 0.6 is 0 Å². The van der Waals surface area contributed by atoms with E-state index in [1.165, 1.54) is 11.1 Å². The van der Waals surface area contributed by atoms with Crippen molar-refractivity contribution >= 4 is 0 Å². The largest absolute Gasteiger partial charge is 0.320 e. The van der Waals surface area contributed by atoms with Crippen LogP contribution in [0.5, 0.6) is 0 Å². The van der Waals surface area contributed by atoms with Crippen LogP contribution in [0, 0.1) is 5.92 Å². The fourth-order valence-corrected chi connectivity index (χ4v) is 3.76. The maximum absolute atomic E-state index is 6.97. The van der Waals surface area contributed by atoms with Gasteiger partial charge in [-0.2, -0.15) is 0 Å². The maximum atomic E-state index is 6.97. The van der Waals surface area contributed by atoms with E-state index in [4.69, 9.17) is 5.73 Å². The van der Waals surface area contributed by atoms with Crippen molar-refractivity contribution in [2.45, 2.75) is 38.3 Å². The number of hydrogen-bond donors (Lipinski definition) is 1. The molecule has 0 fully saturated rings. The molecule has 1 aliphatic carbocycles. The van der Waals surface area contributed by atoms with Crippen molar-refractivity contribution in [3.8, 4) is 0 Å². The maximum Gasteiger partial charge on any atom is 0.0575 e. The van der Waals surface area contributed by atoms with Gasteiger partial charge in [-0.3, -0.25) is 4.90 Å². The first-order valence-corrected chi connectivity index (χ1v) is 7.86. The third-order valence-electron chi connectivity index (χ3n) is 4.44. The second-order valence-corrected chi connectivity index (χ2v) is 6.55. The monoisotopic (exact) mass is 284 g/mol. The molecule has 1 aromatic carbocycles. The fraction of sp³-hybridized carbons (Fsp3) is 0.474. The molecule has 2 nitrogen and oxygen atoms in total. The van der Waals surface area contributed by atoms with Crippen LogP contribution in [0.4, 0.5) is 0 Å². The van der Waals surface area contributed by atoms with Crippen LogP contribution < -0.4 is 5.73 Å². The minimum absolute atomic E-state index is 0.281. The summed E-state index contributed by atoms with van der Waals surface area (Å²) in [4.78, 5) is 2.41. The van der Waals surface area contributed by atoms with Gasteiger partial charge >= 0.3 is 0 Å². The molecule has 0 amide bonds. The third-order valence-corrected chi connectivity index (χ3v) is 4.44. The van der Waals surface area contributed by atoms with Crippen molar-refractivity contribution in [2.24, 2.45) is 11.7 Å². The summed E-state index contributed by atoms with van der Waals surface area (Å²) in [5.74, 6) is 0.568. The van der Waals surface area contributed by atoms with Crippen molar-refractivity contribution in [2.75, 3.05) is 13.1 Å². The van der Waals surface area contributed by atoms with Gasteiger partial charge in [-0.1, -0.05) is 50.3 Å². The van der Waals surface area contributed by atoms with Crippen LogP contribution in [0.25, 0.3) is 0 Å². The number of fused-ring (bicyclic) bond motifs is 1. The Morgan fingerprint density at radius 2 is 1.90 bits per heavy atom. The second kappa shape index (κ2) is 6.59. The average molecular weight is 284 g/mol. The van der Waals surface area contributed by atoms with E-state index < -0.39 is 0 Å². The Balaban J connectivity index is 2.40. The van der Waals surface area contributed by atoms with Gasteiger partial charge in [0.25, 0.3) is 0 Å². The Morgan fingerprint density at radius 1 is 1.29 bits per heavy atom. The van der Waals surface area contributed by atoms with Gasteiger partial charge in [-0.25, -0.2) is 0 Å². The van der Waals surface area contributed by atoms with Gasteiger partial charge in [0.15, 0.2) is 0 Å². The SMILES string of the molecule is C=CCN(CC=C)C1Cc2ccccc2C1(N)CC(C)C. The van der Waals surface area contributed by atoms with Crippen LogP contribution in [0.1, 0.15) is 31.4 Å². The molecule has 2 rings (SSSR count). The molecule has 0 spiro atoms. The molecule has 0 aromatic heterocycles. The number of rotatable bonds is 7. The number of nitrogens with two attached hydrogens (primary N) is 1. The molecule has 1 aromatic rings. The van der Waals surface area contributed by atoms with Crippen LogP contribution in [-0.4, -0.2) is 24.0 Å². The Morgan fingerprint density at radius 3 is 2.48 bits per heavy atom. The highest BCUT2D eigenvalue weighted by Crippen LogP contribution is 2.41. The van der Waals surface area contributed by atoms with Gasteiger partial charge in [-0.05, 0) is 29.9 Å². The molecule has 2 unspecified atom stereocenters. The minimum Gasteiger partial charge on any atom is -0.320 e. The van der Waals surface area contributed by atoms with Gasteiger partial charge in [-0.15, -0.1) is 13.2 Å². The minimum atomic E-state index is -0.281. The summed E-state index contributed by atoms with van der Waals surface area (Å²) in [6.07, 6.45) is 5.94. The summed E-state index contributed by atoms with van der Waals surface area (Å²) in [5.41, 5.74) is 9.40. The third kappa shape index (κ3) is 3.12. The zero-order valence-electron chi connectivity index (χ0n) is 13.4. The zero-order valence-corrected chi connectivity index (χ0v) is 13.4. The molecule has 2 heteroatoms. The second-order valence-electron chi connectivity index (χ2n) is 6.55. The van der Waals surface area contributed by atoms with Crippen LogP contribution in [0.15, 0.2) is 49.6 Å². The molecule has 2 atom stereocenters. The molecule has 0 bridgehead atoms. The van der Waals surface area contributed by atoms with E-state index in [0.29, 0.717) is 12.0 Å². The number of benzene rings is 1. The topological polar surface area (TPSA) is 29.3 Å². The predicted molar refractivity (Wildman–Crippen MR) is 91.2 cm³/mol. The lowest BCUT2D eigenvalue weighted by atomic mass is 9.81. The Bertz CT molecular complexity index is 496. The normalized spacial score (nSPS) is 24.3. The quantitative estimate of drug-likeness (QED) is 0.777. The molecule has 0 saturated carbocycles. The van der Waals surface area contributed by atoms with E-state index >= 15 is 0 Å². The van der Waals surface area contributed by atoms with Crippen LogP contribution in [0.2, 0.25) is 0 Å². The lowest BCUT2D eigenvalue weighted by Crippen LogP contribution is -2.54. The summed E-state index contributed by atoms with van der Waals surface area (Å²) >= 11 is 0. The van der Waals surface area contributed by atoms with Gasteiger partial charge in [0, 0.05) is 19.1 Å². The van der Waals surface area contributed by atoms with Crippen molar-refractivity contribution in [1.29, 1.82) is 0 Å². The van der Waals surface area contributed by atoms with Gasteiger partial charge < -0.3 is 5.73 Å². The van der Waals surface area contributed by atoms with Crippen molar-refractivity contribution < 1.29 is 0 Å². The summed E-state index contributed by atoms with van der Waals surface area (Å²) in [7, 11) is 0. The zero-order chi connectivity index (χ0) is 15.5. The molecular weight excluding hydrogens is 256 g/mol. The molecule has 0 heterocycles. The highest BCUT2D eigenvalue weighted by Gasteiger charge is 2.46. The highest BCUT2D eigenvalue weighted by atomic mass is 15.2. The van der Waals surface area contributed by atoms with Crippen LogP contribution in [-0.2, 0) is 12.0 Å². The predicted octanol–water partition coefficient (Wildman–Crippen LogP) is 3.49. The molecule has 1 aliphatic rings. The Kier molecular flexibility index (Phi) is 5.02. The van der Waals surface area contributed by atoms with Crippen molar-refractivity contribution in [3.05, 3.63) is 60.7 Å². The number of nitrogens with zero attached hydrogens (tertiary/aromatic N) is 1. The van der Waals surface area contributed by atoms with Gasteiger partial charge in [0.2, 0.25) is 0 Å². The molecule has 0 aliphatic heterocycles. The standard InChI is InChI=1S/C19H28N2/c1-5-11-21(12-6-2)18-13-16-9-7-8-10-17(16)19(18,20)14-15(3)4/h5-10,15,18H,1-2,11-14,20H2,3-4H3. The van der Waals surface area contributed by atoms with Gasteiger partial charge in [0.1, 0.15) is 0 Å². The molecule has 21 heavy (non-hydrogen) atoms. The van der Waals surface area contributed by atoms with Gasteiger partial charge in [0.05, 0.1) is 5.54 Å². The molecule has 114 valence electrons. The summed E-state index contributed by atoms with van der Waals surface area (Å²) < 4.78 is 0. The van der Waals surface area contributed by atoms with Crippen LogP contribution in [0.3, 0.4) is 0 Å². The summed E-state index contributed by atoms with van der Waals surface area (Å²) in [5, 5.41) is 0. The average Bonchev–Trinajstić information content (AvgIpc) is 2.71. The van der Waals surface area contributed by atoms with E-state index in [-0.39, 0.29) is 5.54 Å². The summed E-state index contributed by atoms with van der Waals surface area (Å²) in [6, 6.07) is 8.96. The molecule has 2 N–H and O–H groups in total. The van der Waals surface area contributed by atoms with E-state index in [2.05, 4.69) is 56.2 Å². The Hall–Kier alpha value is -1.38. The van der Waals surface area contributed by atoms with Crippen molar-refractivity contribution in [1.82, 2.24) is 4.90 Å². The lowest BCUT2D eigenvalue weighted by Gasteiger charge is -2.40. The van der Waals surface area contributed by atoms with E-state index in [1.54, 1.807) is 0 Å². The van der Waals surface area contributed by atoms with E-state index in [1.807, 2.05) is 12.2 Å². The summed E-state index contributed by atoms with van der Waals surface area (Å²) in [6.45, 7) is 14.0. The Labute approximate surface area is 129 Å². The first kappa shape index (κ1) is 16.0. The first-order chi connectivity index (χ1) is 10.0. The van der Waals surface area contributed by atoms with Crippen molar-refractivity contribution in [3.63, 3.8) is 0 Å². The van der Waals surface area contributed by atoms with E-state index in [9.17, 15) is 0 Å². The number of hydrogen-bond acceptors (Lipinski definition) is 2. The highest BCUT2D eigenvalue weighted by molar-refractivity contribution is 5.41. The molecular formula is C19H28N2. The first-order valence-electron chi connectivity index (χ1n) is 7.86.